The normalized spacial score (nSPS) is 11.2. The molecule has 6 nitrogen and oxygen atoms in total. The van der Waals surface area contributed by atoms with Crippen LogP contribution in [0.5, 0.6) is 0 Å². The summed E-state index contributed by atoms with van der Waals surface area (Å²) in [6, 6.07) is 7.47. The van der Waals surface area contributed by atoms with Crippen molar-refractivity contribution in [3.8, 4) is 0 Å². The molecule has 0 unspecified atom stereocenters. The molecule has 2 aromatic carbocycles. The fourth-order valence-corrected chi connectivity index (χ4v) is 2.48. The van der Waals surface area contributed by atoms with Crippen molar-refractivity contribution in [3.63, 3.8) is 0 Å². The number of carbonyl (C=O) groups is 2. The highest BCUT2D eigenvalue weighted by molar-refractivity contribution is 6.46. The van der Waals surface area contributed by atoms with Crippen molar-refractivity contribution in [1.29, 1.82) is 0 Å². The highest BCUT2D eigenvalue weighted by atomic mass is 19.4. The molecule has 0 bridgehead atoms. The molecule has 1 N–H and O–H groups in total. The Labute approximate surface area is 155 Å². The molecule has 0 saturated carbocycles. The van der Waals surface area contributed by atoms with Gasteiger partial charge in [-0.05, 0) is 36.4 Å². The minimum atomic E-state index is -4.54. The first kappa shape index (κ1) is 19.0. The lowest BCUT2D eigenvalue weighted by Crippen LogP contribution is -2.23. The highest BCUT2D eigenvalue weighted by Crippen LogP contribution is 2.29. The number of benzene rings is 2. The van der Waals surface area contributed by atoms with E-state index in [2.05, 4.69) is 21.6 Å². The summed E-state index contributed by atoms with van der Waals surface area (Å²) in [5, 5.41) is 6.48. The lowest BCUT2D eigenvalue weighted by atomic mass is 10.1. The Balaban J connectivity index is 1.85. The maximum Gasteiger partial charge on any atom is 0.416 e. The zero-order chi connectivity index (χ0) is 20.5. The Morgan fingerprint density at radius 3 is 2.36 bits per heavy atom. The second-order valence-electron chi connectivity index (χ2n) is 5.68. The van der Waals surface area contributed by atoms with Crippen LogP contribution in [0.2, 0.25) is 0 Å². The highest BCUT2D eigenvalue weighted by Gasteiger charge is 2.30. The molecule has 0 spiro atoms. The van der Waals surface area contributed by atoms with E-state index in [1.54, 1.807) is 0 Å². The second-order valence-corrected chi connectivity index (χ2v) is 5.68. The Bertz CT molecular complexity index is 1150. The number of nitrogens with one attached hydrogen (secondary N) is 1. The van der Waals surface area contributed by atoms with E-state index in [1.807, 2.05) is 0 Å². The Kier molecular flexibility index (Phi) is 4.83. The van der Waals surface area contributed by atoms with Crippen molar-refractivity contribution in [2.24, 2.45) is 0 Å². The molecule has 0 radical (unpaired) electrons. The van der Waals surface area contributed by atoms with E-state index >= 15 is 0 Å². The van der Waals surface area contributed by atoms with Gasteiger partial charge in [0.25, 0.3) is 11.7 Å². The summed E-state index contributed by atoms with van der Waals surface area (Å²) in [4.78, 5) is 36.0. The third-order valence-electron chi connectivity index (χ3n) is 3.87. The Hall–Kier alpha value is -3.75. The van der Waals surface area contributed by atoms with Crippen molar-refractivity contribution in [1.82, 2.24) is 5.16 Å². The monoisotopic (exact) mass is 388 g/mol. The molecule has 3 aromatic rings. The number of Topliss-reactive ketones (excluding diaryl/α,β-unsaturated/α-hetero) is 1. The maximum absolute atomic E-state index is 12.6. The van der Waals surface area contributed by atoms with Gasteiger partial charge in [0.15, 0.2) is 0 Å². The predicted molar refractivity (Wildman–Crippen MR) is 94.8 cm³/mol. The first-order chi connectivity index (χ1) is 13.2. The number of alkyl halides is 3. The summed E-state index contributed by atoms with van der Waals surface area (Å²) in [7, 11) is 0. The van der Waals surface area contributed by atoms with Crippen molar-refractivity contribution >= 4 is 34.2 Å². The van der Waals surface area contributed by atoms with E-state index in [9.17, 15) is 27.6 Å². The first-order valence-corrected chi connectivity index (χ1v) is 7.80. The van der Waals surface area contributed by atoms with Crippen LogP contribution >= 0.6 is 0 Å². The lowest BCUT2D eigenvalue weighted by Gasteiger charge is -2.08. The summed E-state index contributed by atoms with van der Waals surface area (Å²) in [5.41, 5.74) is -1.35. The molecular formula is C19H11F3N2O4. The number of nitrogens with zero attached hydrogens (tertiary/aromatic N) is 1. The average Bonchev–Trinajstić information content (AvgIpc) is 2.67. The van der Waals surface area contributed by atoms with Crippen LogP contribution < -0.4 is 10.9 Å². The number of hydrogen-bond donors (Lipinski definition) is 1. The molecule has 0 atom stereocenters. The van der Waals surface area contributed by atoms with Gasteiger partial charge in [0, 0.05) is 16.6 Å². The third-order valence-corrected chi connectivity index (χ3v) is 3.87. The van der Waals surface area contributed by atoms with Gasteiger partial charge in [0.05, 0.1) is 10.9 Å². The van der Waals surface area contributed by atoms with Gasteiger partial charge >= 0.3 is 11.8 Å². The van der Waals surface area contributed by atoms with E-state index in [1.165, 1.54) is 24.3 Å². The van der Waals surface area contributed by atoms with E-state index < -0.39 is 29.1 Å². The summed E-state index contributed by atoms with van der Waals surface area (Å²) >= 11 is 0. The average molecular weight is 388 g/mol. The molecule has 0 aliphatic carbocycles. The van der Waals surface area contributed by atoms with Gasteiger partial charge in [0.2, 0.25) is 0 Å². The number of fused-ring (bicyclic) bond motifs is 1. The molecule has 0 fully saturated rings. The van der Waals surface area contributed by atoms with Crippen LogP contribution in [-0.4, -0.2) is 16.8 Å². The number of ketones is 1. The minimum Gasteiger partial charge on any atom is -0.319 e. The van der Waals surface area contributed by atoms with Gasteiger partial charge in [-0.15, -0.1) is 0 Å². The van der Waals surface area contributed by atoms with E-state index in [0.717, 1.165) is 24.3 Å². The van der Waals surface area contributed by atoms with Crippen LogP contribution in [0.3, 0.4) is 0 Å². The third kappa shape index (κ3) is 3.68. The molecule has 0 saturated heterocycles. The van der Waals surface area contributed by atoms with Gasteiger partial charge in [-0.1, -0.05) is 23.9 Å². The SMILES string of the molecule is C=Cc1noc(=O)c2ccc(NC(=O)C(=O)c3ccc(C(F)(F)F)cc3)cc12. The van der Waals surface area contributed by atoms with Crippen molar-refractivity contribution in [2.45, 2.75) is 6.18 Å². The Morgan fingerprint density at radius 1 is 1.07 bits per heavy atom. The molecule has 0 aliphatic rings. The van der Waals surface area contributed by atoms with Crippen LogP contribution in [0.25, 0.3) is 16.8 Å². The number of carbonyl (C=O) groups excluding carboxylic acids is 2. The first-order valence-electron chi connectivity index (χ1n) is 7.80. The maximum atomic E-state index is 12.6. The van der Waals surface area contributed by atoms with Crippen LogP contribution in [0, 0.1) is 0 Å². The van der Waals surface area contributed by atoms with E-state index in [4.69, 9.17) is 0 Å². The summed E-state index contributed by atoms with van der Waals surface area (Å²) in [5.74, 6) is -2.06. The number of anilines is 1. The molecule has 0 aliphatic heterocycles. The molecule has 28 heavy (non-hydrogen) atoms. The van der Waals surface area contributed by atoms with Gasteiger partial charge in [0.1, 0.15) is 5.69 Å². The summed E-state index contributed by atoms with van der Waals surface area (Å²) in [6.45, 7) is 3.55. The number of amides is 1. The number of aromatic nitrogens is 1. The minimum absolute atomic E-state index is 0.188. The molecule has 142 valence electrons. The van der Waals surface area contributed by atoms with Crippen LogP contribution in [0.15, 0.2) is 58.4 Å². The summed E-state index contributed by atoms with van der Waals surface area (Å²) < 4.78 is 42.4. The fraction of sp³-hybridized carbons (Fsp3) is 0.0526. The van der Waals surface area contributed by atoms with Crippen molar-refractivity contribution < 1.29 is 27.3 Å². The van der Waals surface area contributed by atoms with Gasteiger partial charge < -0.3 is 9.84 Å². The van der Waals surface area contributed by atoms with Gasteiger partial charge in [-0.25, -0.2) is 4.79 Å². The van der Waals surface area contributed by atoms with Crippen LogP contribution in [0.1, 0.15) is 21.6 Å². The smallest absolute Gasteiger partial charge is 0.319 e. The van der Waals surface area contributed by atoms with Gasteiger partial charge in [-0.3, -0.25) is 9.59 Å². The van der Waals surface area contributed by atoms with Crippen LogP contribution in [-0.2, 0) is 11.0 Å². The van der Waals surface area contributed by atoms with Crippen molar-refractivity contribution in [3.05, 3.63) is 76.3 Å². The van der Waals surface area contributed by atoms with E-state index in [-0.39, 0.29) is 22.3 Å². The molecule has 1 amide bonds. The Morgan fingerprint density at radius 2 is 1.75 bits per heavy atom. The summed E-state index contributed by atoms with van der Waals surface area (Å²) in [6.07, 6.45) is -3.19. The number of halogens is 3. The zero-order valence-electron chi connectivity index (χ0n) is 14.0. The topological polar surface area (TPSA) is 89.3 Å². The van der Waals surface area contributed by atoms with Crippen LogP contribution in [0.4, 0.5) is 18.9 Å². The molecule has 9 heteroatoms. The number of hydrogen-bond acceptors (Lipinski definition) is 5. The largest absolute Gasteiger partial charge is 0.416 e. The quantitative estimate of drug-likeness (QED) is 0.544. The fourth-order valence-electron chi connectivity index (χ4n) is 2.48. The molecule has 1 aromatic heterocycles. The zero-order valence-corrected chi connectivity index (χ0v) is 14.0. The predicted octanol–water partition coefficient (Wildman–Crippen LogP) is 3.67. The van der Waals surface area contributed by atoms with Crippen molar-refractivity contribution in [2.75, 3.05) is 5.32 Å². The lowest BCUT2D eigenvalue weighted by molar-refractivity contribution is -0.137. The standard InChI is InChI=1S/C19H11F3N2O4/c1-2-15-14-9-12(7-8-13(14)18(27)28-24-15)23-17(26)16(25)10-3-5-11(6-4-10)19(20,21)22/h2-9H,1H2,(H,23,26). The molecule has 3 rings (SSSR count). The van der Waals surface area contributed by atoms with Gasteiger partial charge in [-0.2, -0.15) is 13.2 Å². The molecule has 1 heterocycles. The number of rotatable bonds is 4. The second kappa shape index (κ2) is 7.10. The molecular weight excluding hydrogens is 377 g/mol. The van der Waals surface area contributed by atoms with E-state index in [0.29, 0.717) is 5.39 Å².